The number of benzene rings is 1. The Labute approximate surface area is 142 Å². The third kappa shape index (κ3) is 4.34. The van der Waals surface area contributed by atoms with Crippen LogP contribution in [0.5, 0.6) is 0 Å². The van der Waals surface area contributed by atoms with Gasteiger partial charge in [-0.25, -0.2) is 0 Å². The molecule has 0 aliphatic carbocycles. The zero-order valence-corrected chi connectivity index (χ0v) is 14.2. The maximum atomic E-state index is 12.2. The number of aryl methyl sites for hydroxylation is 1. The molecule has 2 rings (SSSR count). The standard InChI is InChI=1S/C18H24N2O4/c1-3-13-6-4-5-7-14(13)11-20-15(8-9-16(20)21)10-17(22)19(2)12-18(23)24/h4-7,15H,3,8-12H2,1-2H3,(H,23,24). The predicted molar refractivity (Wildman–Crippen MR) is 89.3 cm³/mol. The van der Waals surface area contributed by atoms with Crippen molar-refractivity contribution in [3.05, 3.63) is 35.4 Å². The molecule has 1 aliphatic rings. The molecule has 130 valence electrons. The Morgan fingerprint density at radius 1 is 1.29 bits per heavy atom. The Hall–Kier alpha value is -2.37. The third-order valence-electron chi connectivity index (χ3n) is 4.50. The summed E-state index contributed by atoms with van der Waals surface area (Å²) in [6.45, 7) is 2.26. The summed E-state index contributed by atoms with van der Waals surface area (Å²) in [6.07, 6.45) is 2.14. The molecule has 0 aromatic heterocycles. The number of amides is 2. The fourth-order valence-electron chi connectivity index (χ4n) is 3.11. The molecule has 1 atom stereocenters. The van der Waals surface area contributed by atoms with Gasteiger partial charge in [0.2, 0.25) is 11.8 Å². The van der Waals surface area contributed by atoms with Crippen LogP contribution in [-0.2, 0) is 27.3 Å². The highest BCUT2D eigenvalue weighted by molar-refractivity contribution is 5.84. The minimum atomic E-state index is -1.04. The van der Waals surface area contributed by atoms with E-state index in [1.807, 2.05) is 18.2 Å². The highest BCUT2D eigenvalue weighted by Gasteiger charge is 2.33. The van der Waals surface area contributed by atoms with Gasteiger partial charge in [0.1, 0.15) is 6.54 Å². The van der Waals surface area contributed by atoms with Crippen LogP contribution in [0.25, 0.3) is 0 Å². The van der Waals surface area contributed by atoms with E-state index in [1.165, 1.54) is 17.5 Å². The van der Waals surface area contributed by atoms with E-state index in [0.717, 1.165) is 12.0 Å². The fourth-order valence-corrected chi connectivity index (χ4v) is 3.11. The first-order chi connectivity index (χ1) is 11.4. The van der Waals surface area contributed by atoms with Crippen LogP contribution < -0.4 is 0 Å². The number of carboxylic acids is 1. The van der Waals surface area contributed by atoms with Gasteiger partial charge in [0.15, 0.2) is 0 Å². The number of hydrogen-bond donors (Lipinski definition) is 1. The summed E-state index contributed by atoms with van der Waals surface area (Å²) < 4.78 is 0. The number of hydrogen-bond acceptors (Lipinski definition) is 3. The second kappa shape index (κ2) is 7.95. The zero-order valence-electron chi connectivity index (χ0n) is 14.2. The Morgan fingerprint density at radius 3 is 2.58 bits per heavy atom. The van der Waals surface area contributed by atoms with Gasteiger partial charge in [0, 0.05) is 32.5 Å². The molecule has 1 aliphatic heterocycles. The number of likely N-dealkylation sites (tertiary alicyclic amines) is 1. The SMILES string of the molecule is CCc1ccccc1CN1C(=O)CCC1CC(=O)N(C)CC(=O)O. The molecule has 0 spiro atoms. The van der Waals surface area contributed by atoms with Gasteiger partial charge in [0.05, 0.1) is 0 Å². The second-order valence-electron chi connectivity index (χ2n) is 6.18. The summed E-state index contributed by atoms with van der Waals surface area (Å²) in [6, 6.07) is 7.84. The van der Waals surface area contributed by atoms with Crippen molar-refractivity contribution >= 4 is 17.8 Å². The van der Waals surface area contributed by atoms with Gasteiger partial charge >= 0.3 is 5.97 Å². The van der Waals surface area contributed by atoms with Crippen LogP contribution in [0.2, 0.25) is 0 Å². The monoisotopic (exact) mass is 332 g/mol. The van der Waals surface area contributed by atoms with Crippen molar-refractivity contribution in [1.29, 1.82) is 0 Å². The average Bonchev–Trinajstić information content (AvgIpc) is 2.88. The Bertz CT molecular complexity index is 629. The van der Waals surface area contributed by atoms with Gasteiger partial charge in [-0.3, -0.25) is 14.4 Å². The lowest BCUT2D eigenvalue weighted by Gasteiger charge is -2.27. The quantitative estimate of drug-likeness (QED) is 0.824. The van der Waals surface area contributed by atoms with Crippen molar-refractivity contribution in [1.82, 2.24) is 9.80 Å². The number of carbonyl (C=O) groups is 3. The highest BCUT2D eigenvalue weighted by Crippen LogP contribution is 2.25. The first-order valence-electron chi connectivity index (χ1n) is 8.24. The Kier molecular flexibility index (Phi) is 5.95. The van der Waals surface area contributed by atoms with Crippen molar-refractivity contribution in [2.45, 2.75) is 45.2 Å². The van der Waals surface area contributed by atoms with Crippen molar-refractivity contribution in [2.75, 3.05) is 13.6 Å². The molecular weight excluding hydrogens is 308 g/mol. The third-order valence-corrected chi connectivity index (χ3v) is 4.50. The molecule has 1 aromatic rings. The summed E-state index contributed by atoms with van der Waals surface area (Å²) in [4.78, 5) is 38.1. The number of carboxylic acid groups (broad SMARTS) is 1. The molecule has 0 bridgehead atoms. The van der Waals surface area contributed by atoms with E-state index in [4.69, 9.17) is 5.11 Å². The van der Waals surface area contributed by atoms with Crippen LogP contribution >= 0.6 is 0 Å². The predicted octanol–water partition coefficient (Wildman–Crippen LogP) is 1.67. The maximum absolute atomic E-state index is 12.2. The van der Waals surface area contributed by atoms with E-state index >= 15 is 0 Å². The zero-order chi connectivity index (χ0) is 17.7. The number of rotatable bonds is 7. The molecule has 1 saturated heterocycles. The fraction of sp³-hybridized carbons (Fsp3) is 0.500. The summed E-state index contributed by atoms with van der Waals surface area (Å²) >= 11 is 0. The van der Waals surface area contributed by atoms with E-state index in [9.17, 15) is 14.4 Å². The summed E-state index contributed by atoms with van der Waals surface area (Å²) in [5.74, 6) is -1.23. The number of carbonyl (C=O) groups excluding carboxylic acids is 2. The topological polar surface area (TPSA) is 77.9 Å². The normalized spacial score (nSPS) is 17.2. The summed E-state index contributed by atoms with van der Waals surface area (Å²) in [5.41, 5.74) is 2.30. The first kappa shape index (κ1) is 18.0. The minimum Gasteiger partial charge on any atom is -0.480 e. The molecule has 0 saturated carbocycles. The van der Waals surface area contributed by atoms with Crippen LogP contribution in [0, 0.1) is 0 Å². The largest absolute Gasteiger partial charge is 0.480 e. The van der Waals surface area contributed by atoms with Crippen LogP contribution in [0.4, 0.5) is 0 Å². The molecule has 0 radical (unpaired) electrons. The van der Waals surface area contributed by atoms with E-state index in [-0.39, 0.29) is 30.8 Å². The second-order valence-corrected chi connectivity index (χ2v) is 6.18. The van der Waals surface area contributed by atoms with Crippen molar-refractivity contribution in [3.63, 3.8) is 0 Å². The van der Waals surface area contributed by atoms with E-state index in [1.54, 1.807) is 4.90 Å². The van der Waals surface area contributed by atoms with E-state index in [0.29, 0.717) is 19.4 Å². The van der Waals surface area contributed by atoms with Gasteiger partial charge in [0.25, 0.3) is 0 Å². The van der Waals surface area contributed by atoms with Gasteiger partial charge in [-0.15, -0.1) is 0 Å². The maximum Gasteiger partial charge on any atom is 0.323 e. The van der Waals surface area contributed by atoms with Gasteiger partial charge < -0.3 is 14.9 Å². The highest BCUT2D eigenvalue weighted by atomic mass is 16.4. The molecule has 6 heteroatoms. The molecule has 1 heterocycles. The Balaban J connectivity index is 2.06. The number of likely N-dealkylation sites (N-methyl/N-ethyl adjacent to an activating group) is 1. The number of nitrogens with zero attached hydrogens (tertiary/aromatic N) is 2. The average molecular weight is 332 g/mol. The summed E-state index contributed by atoms with van der Waals surface area (Å²) in [7, 11) is 1.48. The number of aliphatic carboxylic acids is 1. The van der Waals surface area contributed by atoms with Crippen molar-refractivity contribution in [3.8, 4) is 0 Å². The van der Waals surface area contributed by atoms with Gasteiger partial charge in [-0.2, -0.15) is 0 Å². The van der Waals surface area contributed by atoms with Crippen molar-refractivity contribution in [2.24, 2.45) is 0 Å². The lowest BCUT2D eigenvalue weighted by Crippen LogP contribution is -2.39. The van der Waals surface area contributed by atoms with Crippen LogP contribution in [0.3, 0.4) is 0 Å². The van der Waals surface area contributed by atoms with E-state index < -0.39 is 5.97 Å². The van der Waals surface area contributed by atoms with E-state index in [2.05, 4.69) is 13.0 Å². The molecule has 2 amide bonds. The van der Waals surface area contributed by atoms with Gasteiger partial charge in [-0.1, -0.05) is 31.2 Å². The van der Waals surface area contributed by atoms with Crippen LogP contribution in [0.15, 0.2) is 24.3 Å². The molecule has 1 N–H and O–H groups in total. The van der Waals surface area contributed by atoms with Crippen LogP contribution in [0.1, 0.15) is 37.3 Å². The Morgan fingerprint density at radius 2 is 1.96 bits per heavy atom. The molecule has 1 unspecified atom stereocenters. The molecule has 1 aromatic carbocycles. The van der Waals surface area contributed by atoms with Gasteiger partial charge in [-0.05, 0) is 24.0 Å². The molecule has 1 fully saturated rings. The molecule has 6 nitrogen and oxygen atoms in total. The van der Waals surface area contributed by atoms with Crippen LogP contribution in [-0.4, -0.2) is 52.3 Å². The molecular formula is C18H24N2O4. The lowest BCUT2D eigenvalue weighted by molar-refractivity contribution is -0.144. The van der Waals surface area contributed by atoms with Crippen molar-refractivity contribution < 1.29 is 19.5 Å². The lowest BCUT2D eigenvalue weighted by atomic mass is 10.0. The first-order valence-corrected chi connectivity index (χ1v) is 8.24. The minimum absolute atomic E-state index is 0.0552. The molecule has 24 heavy (non-hydrogen) atoms. The smallest absolute Gasteiger partial charge is 0.323 e. The summed E-state index contributed by atoms with van der Waals surface area (Å²) in [5, 5.41) is 8.78.